The summed E-state index contributed by atoms with van der Waals surface area (Å²) in [6, 6.07) is 28.8. The molecule has 0 bridgehead atoms. The highest BCUT2D eigenvalue weighted by atomic mass is 32.2. The van der Waals surface area contributed by atoms with Gasteiger partial charge in [0.2, 0.25) is 0 Å². The van der Waals surface area contributed by atoms with Crippen molar-refractivity contribution in [2.45, 2.75) is 94.6 Å². The van der Waals surface area contributed by atoms with Gasteiger partial charge in [0, 0.05) is 48.9 Å². The second-order valence-electron chi connectivity index (χ2n) is 12.8. The van der Waals surface area contributed by atoms with E-state index in [0.29, 0.717) is 0 Å². The zero-order valence-corrected chi connectivity index (χ0v) is 34.2. The lowest BCUT2D eigenvalue weighted by molar-refractivity contribution is -0.132. The van der Waals surface area contributed by atoms with Crippen LogP contribution in [0.4, 0.5) is 17.1 Å². The molecule has 4 heterocycles. The summed E-state index contributed by atoms with van der Waals surface area (Å²) in [5.41, 5.74) is 4.73. The van der Waals surface area contributed by atoms with Crippen molar-refractivity contribution in [2.24, 2.45) is 0 Å². The van der Waals surface area contributed by atoms with E-state index in [1.165, 1.54) is 126 Å². The van der Waals surface area contributed by atoms with Crippen LogP contribution in [-0.4, -0.2) is 22.6 Å². The van der Waals surface area contributed by atoms with Crippen molar-refractivity contribution < 1.29 is 9.90 Å². The Labute approximate surface area is 332 Å². The minimum Gasteiger partial charge on any atom is -0.477 e. The first-order chi connectivity index (χ1) is 25.4. The van der Waals surface area contributed by atoms with Crippen LogP contribution in [0.5, 0.6) is 0 Å². The van der Waals surface area contributed by atoms with E-state index in [9.17, 15) is 15.2 Å². The minimum atomic E-state index is -1.21. The smallest absolute Gasteiger partial charge is 0.346 e. The van der Waals surface area contributed by atoms with Crippen molar-refractivity contribution in [1.82, 2.24) is 0 Å². The second kappa shape index (κ2) is 17.4. The molecule has 0 radical (unpaired) electrons. The van der Waals surface area contributed by atoms with E-state index in [-0.39, 0.29) is 5.57 Å². The molecule has 5 aromatic rings. The number of aliphatic carboxylic acids is 1. The molecule has 0 aliphatic carbocycles. The molecule has 2 aliphatic heterocycles. The number of hydrogen-bond acceptors (Lipinski definition) is 9. The summed E-state index contributed by atoms with van der Waals surface area (Å²) >= 11 is 11.0. The molecule has 2 aliphatic rings. The first kappa shape index (κ1) is 37.3. The predicted molar refractivity (Wildman–Crippen MR) is 227 cm³/mol. The van der Waals surface area contributed by atoms with Gasteiger partial charge >= 0.3 is 5.97 Å². The molecule has 266 valence electrons. The number of thioether (sulfide) groups is 2. The van der Waals surface area contributed by atoms with E-state index in [1.807, 2.05) is 59.2 Å². The molecule has 3 aromatic carbocycles. The third-order valence-electron chi connectivity index (χ3n) is 8.98. The number of benzene rings is 3. The van der Waals surface area contributed by atoms with E-state index in [2.05, 4.69) is 79.4 Å². The van der Waals surface area contributed by atoms with Crippen molar-refractivity contribution in [3.63, 3.8) is 0 Å². The lowest BCUT2D eigenvalue weighted by Crippen LogP contribution is -2.19. The normalized spacial score (nSPS) is 13.0. The Morgan fingerprint density at radius 1 is 0.712 bits per heavy atom. The fraction of sp³-hybridized carbons (Fsp3) is 0.286. The van der Waals surface area contributed by atoms with Gasteiger partial charge in [0.15, 0.2) is 0 Å². The van der Waals surface area contributed by atoms with Crippen LogP contribution in [0.3, 0.4) is 0 Å². The zero-order chi connectivity index (χ0) is 36.0. The van der Waals surface area contributed by atoms with Crippen molar-refractivity contribution in [1.29, 1.82) is 5.26 Å². The molecule has 0 saturated heterocycles. The van der Waals surface area contributed by atoms with Crippen LogP contribution in [0.1, 0.15) is 70.1 Å². The predicted octanol–water partition coefficient (Wildman–Crippen LogP) is 14.9. The average Bonchev–Trinajstić information content (AvgIpc) is 3.83. The Hall–Kier alpha value is -3.04. The summed E-state index contributed by atoms with van der Waals surface area (Å²) in [5.74, 6) is 1.10. The van der Waals surface area contributed by atoms with Crippen LogP contribution in [0.15, 0.2) is 108 Å². The first-order valence-corrected chi connectivity index (χ1v) is 23.1. The van der Waals surface area contributed by atoms with Gasteiger partial charge in [-0.25, -0.2) is 4.79 Å². The van der Waals surface area contributed by atoms with Gasteiger partial charge in [-0.15, -0.1) is 46.2 Å². The summed E-state index contributed by atoms with van der Waals surface area (Å²) < 4.78 is 0. The van der Waals surface area contributed by atoms with Crippen LogP contribution in [0.25, 0.3) is 26.3 Å². The molecule has 4 nitrogen and oxygen atoms in total. The molecule has 10 heteroatoms. The molecule has 0 atom stereocenters. The molecule has 0 fully saturated rings. The summed E-state index contributed by atoms with van der Waals surface area (Å²) in [4.78, 5) is 25.8. The third-order valence-corrected chi connectivity index (χ3v) is 15.7. The highest BCUT2D eigenvalue weighted by Crippen LogP contribution is 2.61. The van der Waals surface area contributed by atoms with Crippen LogP contribution < -0.4 is 4.90 Å². The lowest BCUT2D eigenvalue weighted by atomic mass is 10.1. The molecule has 0 unspecified atom stereocenters. The van der Waals surface area contributed by atoms with Crippen molar-refractivity contribution in [3.8, 4) is 26.3 Å². The Balaban J connectivity index is 1.22. The van der Waals surface area contributed by atoms with Crippen LogP contribution in [0, 0.1) is 11.3 Å². The van der Waals surface area contributed by atoms with Gasteiger partial charge in [0.05, 0.1) is 17.1 Å². The van der Waals surface area contributed by atoms with Crippen molar-refractivity contribution in [2.75, 3.05) is 16.4 Å². The monoisotopic (exact) mass is 796 g/mol. The lowest BCUT2D eigenvalue weighted by Gasteiger charge is -2.39. The van der Waals surface area contributed by atoms with Gasteiger partial charge in [-0.3, -0.25) is 0 Å². The number of nitrogens with zero attached hydrogens (tertiary/aromatic N) is 2. The highest BCUT2D eigenvalue weighted by Gasteiger charge is 2.34. The Morgan fingerprint density at radius 2 is 1.27 bits per heavy atom. The van der Waals surface area contributed by atoms with Gasteiger partial charge in [-0.1, -0.05) is 75.9 Å². The summed E-state index contributed by atoms with van der Waals surface area (Å²) in [6.07, 6.45) is 11.7. The summed E-state index contributed by atoms with van der Waals surface area (Å²) in [7, 11) is 0. The van der Waals surface area contributed by atoms with Gasteiger partial charge in [-0.2, -0.15) is 5.26 Å². The molecule has 2 aromatic heterocycles. The molecular weight excluding hydrogens is 757 g/mol. The number of nitriles is 1. The maximum Gasteiger partial charge on any atom is 0.346 e. The van der Waals surface area contributed by atoms with Crippen LogP contribution in [0.2, 0.25) is 0 Å². The van der Waals surface area contributed by atoms with Crippen molar-refractivity contribution >= 4 is 98.8 Å². The van der Waals surface area contributed by atoms with E-state index < -0.39 is 5.97 Å². The van der Waals surface area contributed by atoms with E-state index in [4.69, 9.17) is 0 Å². The third kappa shape index (κ3) is 8.36. The maximum absolute atomic E-state index is 11.4. The topological polar surface area (TPSA) is 64.3 Å². The highest BCUT2D eigenvalue weighted by molar-refractivity contribution is 8.01. The largest absolute Gasteiger partial charge is 0.477 e. The number of hydrogen-bond donors (Lipinski definition) is 1. The second-order valence-corrected chi connectivity index (χ2v) is 19.5. The van der Waals surface area contributed by atoms with E-state index in [1.54, 1.807) is 17.4 Å². The number of carboxylic acids is 1. The van der Waals surface area contributed by atoms with Gasteiger partial charge in [0.1, 0.15) is 11.6 Å². The van der Waals surface area contributed by atoms with Crippen LogP contribution in [-0.2, 0) is 4.79 Å². The first-order valence-electron chi connectivity index (χ1n) is 17.9. The molecule has 0 amide bonds. The molecule has 0 spiro atoms. The number of carboxylic acid groups (broad SMARTS) is 1. The number of unbranched alkanes of at least 4 members (excludes halogenated alkanes) is 6. The van der Waals surface area contributed by atoms with E-state index >= 15 is 0 Å². The van der Waals surface area contributed by atoms with Gasteiger partial charge < -0.3 is 10.0 Å². The maximum atomic E-state index is 11.4. The number of fused-ring (bicyclic) bond motifs is 4. The summed E-state index contributed by atoms with van der Waals surface area (Å²) in [6.45, 7) is 4.53. The Bertz CT molecular complexity index is 2070. The Kier molecular flexibility index (Phi) is 12.5. The molecular formula is C42H40N2O2S6. The van der Waals surface area contributed by atoms with E-state index in [0.717, 1.165) is 26.1 Å². The molecule has 0 saturated carbocycles. The van der Waals surface area contributed by atoms with Crippen LogP contribution >= 0.6 is 69.7 Å². The SMILES string of the molecule is CCCCCCSc1ccc2c(c1)Sc1cc(-c3ccc(-c4ccc(/C=C(\C#N)C(=O)O)s4)s3)cc3c1N2c1ccc(SCCCCCC)cc1S3. The van der Waals surface area contributed by atoms with Gasteiger partial charge in [0.25, 0.3) is 0 Å². The number of thiophene rings is 2. The number of anilines is 3. The standard InChI is InChI=1S/C42H40N2O2S6/c1-3-5-7-9-19-47-29-11-14-32-37(24-29)51-39-22-27(34-17-18-36(50-34)35-16-13-31(49-35)21-28(26-43)42(45)46)23-40-41(39)44(32)33-15-12-30(25-38(33)52-40)48-20-10-8-6-4-2/h11-18,21-25H,3-10,19-20H2,1-2H3,(H,45,46)/b28-21+. The fourth-order valence-corrected chi connectivity index (χ4v) is 12.8. The quantitative estimate of drug-likeness (QED) is 0.0449. The Morgan fingerprint density at radius 3 is 1.83 bits per heavy atom. The fourth-order valence-electron chi connectivity index (χ4n) is 6.32. The van der Waals surface area contributed by atoms with Gasteiger partial charge in [-0.05, 0) is 109 Å². The molecule has 7 rings (SSSR count). The number of carbonyl (C=O) groups is 1. The number of rotatable bonds is 16. The van der Waals surface area contributed by atoms with Crippen molar-refractivity contribution in [3.05, 3.63) is 83.2 Å². The molecule has 52 heavy (non-hydrogen) atoms. The molecule has 1 N–H and O–H groups in total. The minimum absolute atomic E-state index is 0.258. The zero-order valence-electron chi connectivity index (χ0n) is 29.3. The average molecular weight is 797 g/mol. The summed E-state index contributed by atoms with van der Waals surface area (Å²) in [5, 5.41) is 18.5.